The van der Waals surface area contributed by atoms with Gasteiger partial charge in [-0.1, -0.05) is 43.3 Å². The van der Waals surface area contributed by atoms with Crippen molar-refractivity contribution in [1.82, 2.24) is 0 Å². The minimum Gasteiger partial charge on any atom is -0.457 e. The smallest absolute Gasteiger partial charge is 0.132 e. The second-order valence-corrected chi connectivity index (χ2v) is 4.42. The molecule has 0 heterocycles. The molecule has 0 saturated carbocycles. The molecule has 1 atom stereocenters. The second kappa shape index (κ2) is 6.36. The van der Waals surface area contributed by atoms with Gasteiger partial charge in [-0.2, -0.15) is 0 Å². The van der Waals surface area contributed by atoms with Gasteiger partial charge in [-0.15, -0.1) is 0 Å². The van der Waals surface area contributed by atoms with Crippen LogP contribution in [0.5, 0.6) is 11.5 Å². The molecule has 3 nitrogen and oxygen atoms in total. The third-order valence-electron chi connectivity index (χ3n) is 3.12. The Kier molecular flexibility index (Phi) is 4.55. The van der Waals surface area contributed by atoms with E-state index in [0.29, 0.717) is 5.75 Å². The van der Waals surface area contributed by atoms with Crippen molar-refractivity contribution < 1.29 is 9.84 Å². The van der Waals surface area contributed by atoms with Crippen molar-refractivity contribution in [3.05, 3.63) is 59.7 Å². The van der Waals surface area contributed by atoms with Gasteiger partial charge in [0.1, 0.15) is 11.5 Å². The molecule has 0 amide bonds. The van der Waals surface area contributed by atoms with Crippen LogP contribution in [-0.2, 0) is 6.61 Å². The maximum Gasteiger partial charge on any atom is 0.132 e. The first-order valence-electron chi connectivity index (χ1n) is 6.47. The molecule has 3 heteroatoms. The Balaban J connectivity index is 2.33. The van der Waals surface area contributed by atoms with E-state index in [1.807, 2.05) is 55.5 Å². The monoisotopic (exact) mass is 257 g/mol. The zero-order valence-electron chi connectivity index (χ0n) is 11.0. The first-order chi connectivity index (χ1) is 9.26. The summed E-state index contributed by atoms with van der Waals surface area (Å²) in [4.78, 5) is 0. The van der Waals surface area contributed by atoms with Crippen LogP contribution < -0.4 is 10.5 Å². The van der Waals surface area contributed by atoms with E-state index in [4.69, 9.17) is 10.5 Å². The topological polar surface area (TPSA) is 55.5 Å². The van der Waals surface area contributed by atoms with Gasteiger partial charge in [-0.3, -0.25) is 0 Å². The molecule has 0 fully saturated rings. The summed E-state index contributed by atoms with van der Waals surface area (Å²) in [6.45, 7) is 2.00. The highest BCUT2D eigenvalue weighted by atomic mass is 16.5. The highest BCUT2D eigenvalue weighted by Gasteiger charge is 2.11. The molecule has 0 aromatic heterocycles. The van der Waals surface area contributed by atoms with E-state index < -0.39 is 0 Å². The average Bonchev–Trinajstić information content (AvgIpc) is 2.47. The molecular weight excluding hydrogens is 238 g/mol. The van der Waals surface area contributed by atoms with Crippen molar-refractivity contribution in [3.8, 4) is 11.5 Å². The van der Waals surface area contributed by atoms with Gasteiger partial charge >= 0.3 is 0 Å². The summed E-state index contributed by atoms with van der Waals surface area (Å²) in [6.07, 6.45) is 0.849. The lowest BCUT2D eigenvalue weighted by molar-refractivity contribution is 0.276. The number of para-hydroxylation sites is 2. The van der Waals surface area contributed by atoms with Gasteiger partial charge in [-0.05, 0) is 18.6 Å². The molecule has 2 aromatic carbocycles. The minimum absolute atomic E-state index is 0.0435. The van der Waals surface area contributed by atoms with Crippen LogP contribution in [0.4, 0.5) is 0 Å². The Morgan fingerprint density at radius 3 is 2.37 bits per heavy atom. The van der Waals surface area contributed by atoms with Crippen molar-refractivity contribution in [2.45, 2.75) is 26.0 Å². The zero-order valence-corrected chi connectivity index (χ0v) is 11.0. The fraction of sp³-hybridized carbons (Fsp3) is 0.250. The van der Waals surface area contributed by atoms with Crippen molar-refractivity contribution in [2.75, 3.05) is 0 Å². The van der Waals surface area contributed by atoms with Crippen LogP contribution in [0.25, 0.3) is 0 Å². The van der Waals surface area contributed by atoms with E-state index in [2.05, 4.69) is 0 Å². The number of aliphatic hydroxyl groups excluding tert-OH is 1. The van der Waals surface area contributed by atoms with Crippen LogP contribution in [0.3, 0.4) is 0 Å². The molecule has 0 aliphatic heterocycles. The fourth-order valence-corrected chi connectivity index (χ4v) is 1.95. The number of ether oxygens (including phenoxy) is 1. The van der Waals surface area contributed by atoms with E-state index in [0.717, 1.165) is 23.3 Å². The van der Waals surface area contributed by atoms with Crippen LogP contribution >= 0.6 is 0 Å². The predicted molar refractivity (Wildman–Crippen MR) is 76.1 cm³/mol. The molecule has 0 saturated heterocycles. The first kappa shape index (κ1) is 13.6. The molecule has 2 aromatic rings. The van der Waals surface area contributed by atoms with Crippen molar-refractivity contribution in [1.29, 1.82) is 0 Å². The van der Waals surface area contributed by atoms with Gasteiger partial charge in [0.25, 0.3) is 0 Å². The van der Waals surface area contributed by atoms with Crippen LogP contribution in [0, 0.1) is 0 Å². The van der Waals surface area contributed by atoms with Gasteiger partial charge < -0.3 is 15.6 Å². The van der Waals surface area contributed by atoms with Crippen LogP contribution in [0.2, 0.25) is 0 Å². The van der Waals surface area contributed by atoms with Gasteiger partial charge in [0.05, 0.1) is 6.61 Å². The quantitative estimate of drug-likeness (QED) is 0.863. The zero-order chi connectivity index (χ0) is 13.7. The number of aliphatic hydroxyl groups is 1. The lowest BCUT2D eigenvalue weighted by atomic mass is 10.0. The maximum absolute atomic E-state index is 9.32. The molecule has 100 valence electrons. The van der Waals surface area contributed by atoms with Crippen LogP contribution in [0.1, 0.15) is 30.5 Å². The summed E-state index contributed by atoms with van der Waals surface area (Å²) in [6, 6.07) is 15.2. The van der Waals surface area contributed by atoms with Gasteiger partial charge in [0.2, 0.25) is 0 Å². The molecule has 19 heavy (non-hydrogen) atoms. The number of benzene rings is 2. The Labute approximate surface area is 113 Å². The maximum atomic E-state index is 9.32. The molecule has 0 aliphatic rings. The van der Waals surface area contributed by atoms with Crippen molar-refractivity contribution >= 4 is 0 Å². The second-order valence-electron chi connectivity index (χ2n) is 4.42. The SMILES string of the molecule is CC[C@@H](N)c1ccccc1Oc1ccccc1CO. The standard InChI is InChI=1S/C16H19NO2/c1-2-14(17)13-8-4-6-10-16(13)19-15-9-5-3-7-12(15)11-18/h3-10,14,18H,2,11,17H2,1H3/t14-/m1/s1. The van der Waals surface area contributed by atoms with Crippen LogP contribution in [0.15, 0.2) is 48.5 Å². The number of nitrogens with two attached hydrogens (primary N) is 1. The van der Waals surface area contributed by atoms with E-state index in [1.54, 1.807) is 0 Å². The molecular formula is C16H19NO2. The summed E-state index contributed by atoms with van der Waals surface area (Å²) in [5.41, 5.74) is 7.84. The normalized spacial score (nSPS) is 12.2. The Bertz CT molecular complexity index is 540. The lowest BCUT2D eigenvalue weighted by Gasteiger charge is -2.16. The largest absolute Gasteiger partial charge is 0.457 e. The molecule has 0 spiro atoms. The Hall–Kier alpha value is -1.84. The van der Waals surface area contributed by atoms with Crippen molar-refractivity contribution in [3.63, 3.8) is 0 Å². The fourth-order valence-electron chi connectivity index (χ4n) is 1.95. The lowest BCUT2D eigenvalue weighted by Crippen LogP contribution is -2.10. The summed E-state index contributed by atoms with van der Waals surface area (Å²) in [5, 5.41) is 9.32. The number of hydrogen-bond acceptors (Lipinski definition) is 3. The number of hydrogen-bond donors (Lipinski definition) is 2. The van der Waals surface area contributed by atoms with Gasteiger partial charge in [0, 0.05) is 17.2 Å². The third-order valence-corrected chi connectivity index (χ3v) is 3.12. The molecule has 3 N–H and O–H groups in total. The molecule has 0 radical (unpaired) electrons. The van der Waals surface area contributed by atoms with Crippen LogP contribution in [-0.4, -0.2) is 5.11 Å². The van der Waals surface area contributed by atoms with Gasteiger partial charge in [0.15, 0.2) is 0 Å². The van der Waals surface area contributed by atoms with Gasteiger partial charge in [-0.25, -0.2) is 0 Å². The summed E-state index contributed by atoms with van der Waals surface area (Å²) >= 11 is 0. The summed E-state index contributed by atoms with van der Waals surface area (Å²) in [5.74, 6) is 1.42. The van der Waals surface area contributed by atoms with Crippen molar-refractivity contribution in [2.24, 2.45) is 5.73 Å². The summed E-state index contributed by atoms with van der Waals surface area (Å²) < 4.78 is 5.91. The Morgan fingerprint density at radius 2 is 1.68 bits per heavy atom. The molecule has 0 aliphatic carbocycles. The van der Waals surface area contributed by atoms with E-state index >= 15 is 0 Å². The summed E-state index contributed by atoms with van der Waals surface area (Å²) in [7, 11) is 0. The van der Waals surface area contributed by atoms with E-state index in [-0.39, 0.29) is 12.6 Å². The minimum atomic E-state index is -0.0440. The van der Waals surface area contributed by atoms with E-state index in [9.17, 15) is 5.11 Å². The molecule has 2 rings (SSSR count). The highest BCUT2D eigenvalue weighted by Crippen LogP contribution is 2.31. The highest BCUT2D eigenvalue weighted by molar-refractivity contribution is 5.42. The Morgan fingerprint density at radius 1 is 1.05 bits per heavy atom. The molecule has 0 unspecified atom stereocenters. The molecule has 0 bridgehead atoms. The number of rotatable bonds is 5. The first-order valence-corrected chi connectivity index (χ1v) is 6.47. The predicted octanol–water partition coefficient (Wildman–Crippen LogP) is 3.38. The average molecular weight is 257 g/mol. The van der Waals surface area contributed by atoms with E-state index in [1.165, 1.54) is 0 Å². The third kappa shape index (κ3) is 3.13.